The minimum absolute atomic E-state index is 0.608. The van der Waals surface area contributed by atoms with E-state index in [1.807, 2.05) is 29.9 Å². The summed E-state index contributed by atoms with van der Waals surface area (Å²) in [6, 6.07) is 4.65. The third-order valence-electron chi connectivity index (χ3n) is 4.22. The number of aryl methyl sites for hydroxylation is 2. The van der Waals surface area contributed by atoms with E-state index in [0.717, 1.165) is 37.1 Å². The molecule has 1 saturated heterocycles. The summed E-state index contributed by atoms with van der Waals surface area (Å²) in [5.74, 6) is 2.59. The molecule has 1 N–H and O–H groups in total. The van der Waals surface area contributed by atoms with E-state index in [9.17, 15) is 0 Å². The lowest BCUT2D eigenvalue weighted by Crippen LogP contribution is -2.41. The first-order chi connectivity index (χ1) is 10.6. The molecule has 0 atom stereocenters. The molecular formula is C16H24N6. The Labute approximate surface area is 131 Å². The fourth-order valence-corrected chi connectivity index (χ4v) is 2.98. The lowest BCUT2D eigenvalue weighted by Gasteiger charge is -2.31. The van der Waals surface area contributed by atoms with Crippen molar-refractivity contribution in [3.63, 3.8) is 0 Å². The molecule has 0 bridgehead atoms. The van der Waals surface area contributed by atoms with Crippen LogP contribution in [0.4, 0.5) is 0 Å². The highest BCUT2D eigenvalue weighted by Gasteiger charge is 2.20. The molecule has 3 heterocycles. The largest absolute Gasteiger partial charge is 0.317 e. The summed E-state index contributed by atoms with van der Waals surface area (Å²) in [5.41, 5.74) is 1.18. The molecule has 22 heavy (non-hydrogen) atoms. The molecule has 0 amide bonds. The van der Waals surface area contributed by atoms with Gasteiger partial charge in [0.25, 0.3) is 0 Å². The first-order valence-corrected chi connectivity index (χ1v) is 7.90. The Morgan fingerprint density at radius 3 is 2.82 bits per heavy atom. The van der Waals surface area contributed by atoms with Crippen molar-refractivity contribution in [2.45, 2.75) is 39.3 Å². The van der Waals surface area contributed by atoms with Gasteiger partial charge in [0.1, 0.15) is 11.6 Å². The van der Waals surface area contributed by atoms with Crippen molar-refractivity contribution in [1.29, 1.82) is 0 Å². The Kier molecular flexibility index (Phi) is 4.49. The SMILES string of the molecule is Cc1ccnc(-n2nc(C)nc2CN(C)C2CCNCC2)c1. The van der Waals surface area contributed by atoms with Crippen molar-refractivity contribution < 1.29 is 0 Å². The zero-order valence-electron chi connectivity index (χ0n) is 13.6. The number of nitrogens with one attached hydrogen (secondary N) is 1. The average molecular weight is 300 g/mol. The van der Waals surface area contributed by atoms with Crippen molar-refractivity contribution in [1.82, 2.24) is 30.0 Å². The number of nitrogens with zero attached hydrogens (tertiary/aromatic N) is 5. The van der Waals surface area contributed by atoms with Crippen molar-refractivity contribution in [2.24, 2.45) is 0 Å². The third-order valence-corrected chi connectivity index (χ3v) is 4.22. The highest BCUT2D eigenvalue weighted by molar-refractivity contribution is 5.27. The predicted octanol–water partition coefficient (Wildman–Crippen LogP) is 1.46. The Balaban J connectivity index is 1.82. The number of hydrogen-bond donors (Lipinski definition) is 1. The van der Waals surface area contributed by atoms with Gasteiger partial charge in [-0.3, -0.25) is 4.90 Å². The standard InChI is InChI=1S/C16H24N6/c1-12-4-9-18-15(10-12)22-16(19-13(2)20-22)11-21(3)14-5-7-17-8-6-14/h4,9-10,14,17H,5-8,11H2,1-3H3. The van der Waals surface area contributed by atoms with Crippen LogP contribution >= 0.6 is 0 Å². The Hall–Kier alpha value is -1.79. The van der Waals surface area contributed by atoms with Gasteiger partial charge in [0.05, 0.1) is 6.54 Å². The molecule has 6 nitrogen and oxygen atoms in total. The van der Waals surface area contributed by atoms with E-state index in [0.29, 0.717) is 6.04 Å². The summed E-state index contributed by atoms with van der Waals surface area (Å²) in [7, 11) is 2.17. The van der Waals surface area contributed by atoms with Crippen LogP contribution in [-0.4, -0.2) is 50.8 Å². The maximum atomic E-state index is 4.61. The van der Waals surface area contributed by atoms with Crippen LogP contribution in [0.25, 0.3) is 5.82 Å². The van der Waals surface area contributed by atoms with Gasteiger partial charge in [-0.05, 0) is 64.5 Å². The average Bonchev–Trinajstić information content (AvgIpc) is 2.89. The zero-order valence-corrected chi connectivity index (χ0v) is 13.6. The Morgan fingerprint density at radius 1 is 1.32 bits per heavy atom. The van der Waals surface area contributed by atoms with E-state index in [1.54, 1.807) is 0 Å². The number of aromatic nitrogens is 4. The molecule has 1 fully saturated rings. The smallest absolute Gasteiger partial charge is 0.155 e. The van der Waals surface area contributed by atoms with Crippen LogP contribution in [0.2, 0.25) is 0 Å². The molecule has 0 spiro atoms. The summed E-state index contributed by atoms with van der Waals surface area (Å²) in [6.07, 6.45) is 4.20. The topological polar surface area (TPSA) is 58.9 Å². The number of hydrogen-bond acceptors (Lipinski definition) is 5. The van der Waals surface area contributed by atoms with Gasteiger partial charge in [-0.25, -0.2) is 9.97 Å². The van der Waals surface area contributed by atoms with Crippen molar-refractivity contribution in [2.75, 3.05) is 20.1 Å². The van der Waals surface area contributed by atoms with Gasteiger partial charge in [0.2, 0.25) is 0 Å². The molecule has 0 aliphatic carbocycles. The Morgan fingerprint density at radius 2 is 2.09 bits per heavy atom. The quantitative estimate of drug-likeness (QED) is 0.926. The second-order valence-electron chi connectivity index (χ2n) is 6.07. The van der Waals surface area contributed by atoms with E-state index in [2.05, 4.69) is 39.3 Å². The minimum atomic E-state index is 0.608. The molecule has 1 aliphatic rings. The van der Waals surface area contributed by atoms with Gasteiger partial charge < -0.3 is 5.32 Å². The Bertz CT molecular complexity index is 629. The van der Waals surface area contributed by atoms with Gasteiger partial charge in [0, 0.05) is 12.2 Å². The molecule has 0 aromatic carbocycles. The molecule has 6 heteroatoms. The van der Waals surface area contributed by atoms with E-state index in [-0.39, 0.29) is 0 Å². The molecule has 2 aromatic heterocycles. The van der Waals surface area contributed by atoms with Crippen molar-refractivity contribution in [3.05, 3.63) is 35.5 Å². The van der Waals surface area contributed by atoms with E-state index in [1.165, 1.54) is 18.4 Å². The number of piperidine rings is 1. The first kappa shape index (κ1) is 15.1. The monoisotopic (exact) mass is 300 g/mol. The summed E-state index contributed by atoms with van der Waals surface area (Å²) in [5, 5.41) is 7.94. The maximum absolute atomic E-state index is 4.61. The lowest BCUT2D eigenvalue weighted by atomic mass is 10.1. The molecular weight excluding hydrogens is 276 g/mol. The number of rotatable bonds is 4. The van der Waals surface area contributed by atoms with Gasteiger partial charge in [-0.1, -0.05) is 0 Å². The summed E-state index contributed by atoms with van der Waals surface area (Å²) in [4.78, 5) is 11.4. The normalized spacial score (nSPS) is 16.4. The van der Waals surface area contributed by atoms with Crippen LogP contribution in [-0.2, 0) is 6.54 Å². The maximum Gasteiger partial charge on any atom is 0.155 e. The second kappa shape index (κ2) is 6.54. The third kappa shape index (κ3) is 3.34. The second-order valence-corrected chi connectivity index (χ2v) is 6.07. The van der Waals surface area contributed by atoms with Crippen LogP contribution in [0.3, 0.4) is 0 Å². The first-order valence-electron chi connectivity index (χ1n) is 7.90. The number of pyridine rings is 1. The van der Waals surface area contributed by atoms with Crippen LogP contribution in [0.15, 0.2) is 18.3 Å². The summed E-state index contributed by atoms with van der Waals surface area (Å²) in [6.45, 7) is 6.98. The van der Waals surface area contributed by atoms with Crippen LogP contribution < -0.4 is 5.32 Å². The van der Waals surface area contributed by atoms with E-state index >= 15 is 0 Å². The van der Waals surface area contributed by atoms with Gasteiger partial charge in [0.15, 0.2) is 5.82 Å². The van der Waals surface area contributed by atoms with Crippen LogP contribution in [0, 0.1) is 13.8 Å². The molecule has 0 unspecified atom stereocenters. The molecule has 118 valence electrons. The van der Waals surface area contributed by atoms with E-state index in [4.69, 9.17) is 0 Å². The summed E-state index contributed by atoms with van der Waals surface area (Å²) < 4.78 is 1.87. The van der Waals surface area contributed by atoms with Crippen LogP contribution in [0.1, 0.15) is 30.1 Å². The molecule has 0 saturated carbocycles. The molecule has 2 aromatic rings. The highest BCUT2D eigenvalue weighted by atomic mass is 15.4. The lowest BCUT2D eigenvalue weighted by molar-refractivity contribution is 0.186. The minimum Gasteiger partial charge on any atom is -0.317 e. The van der Waals surface area contributed by atoms with Crippen LogP contribution in [0.5, 0.6) is 0 Å². The van der Waals surface area contributed by atoms with E-state index < -0.39 is 0 Å². The van der Waals surface area contributed by atoms with Gasteiger partial charge in [-0.2, -0.15) is 4.68 Å². The fraction of sp³-hybridized carbons (Fsp3) is 0.562. The molecule has 0 radical (unpaired) electrons. The predicted molar refractivity (Wildman–Crippen MR) is 86.0 cm³/mol. The highest BCUT2D eigenvalue weighted by Crippen LogP contribution is 2.15. The fourth-order valence-electron chi connectivity index (χ4n) is 2.98. The van der Waals surface area contributed by atoms with Crippen molar-refractivity contribution in [3.8, 4) is 5.82 Å². The molecule has 3 rings (SSSR count). The van der Waals surface area contributed by atoms with Gasteiger partial charge in [-0.15, -0.1) is 5.10 Å². The zero-order chi connectivity index (χ0) is 15.5. The van der Waals surface area contributed by atoms with Gasteiger partial charge >= 0.3 is 0 Å². The van der Waals surface area contributed by atoms with Crippen molar-refractivity contribution >= 4 is 0 Å². The summed E-state index contributed by atoms with van der Waals surface area (Å²) >= 11 is 0. The molecule has 1 aliphatic heterocycles.